The fraction of sp³-hybridized carbons (Fsp3) is 0.133. The summed E-state index contributed by atoms with van der Waals surface area (Å²) in [5.41, 5.74) is 0.740. The number of furan rings is 1. The first-order valence-electron chi connectivity index (χ1n) is 6.29. The third-order valence-electron chi connectivity index (χ3n) is 2.66. The molecular formula is C15H13NO5. The molecule has 1 aromatic carbocycles. The molecular weight excluding hydrogens is 274 g/mol. The second-order valence-electron chi connectivity index (χ2n) is 4.09. The van der Waals surface area contributed by atoms with E-state index in [2.05, 4.69) is 0 Å². The maximum absolute atomic E-state index is 11.2. The van der Waals surface area contributed by atoms with Gasteiger partial charge in [0.1, 0.15) is 11.5 Å². The predicted molar refractivity (Wildman–Crippen MR) is 76.5 cm³/mol. The van der Waals surface area contributed by atoms with Gasteiger partial charge in [-0.05, 0) is 37.3 Å². The molecule has 0 bridgehead atoms. The number of non-ortho nitro benzene ring substituents is 1. The molecule has 0 amide bonds. The van der Waals surface area contributed by atoms with Crippen molar-refractivity contribution in [1.29, 1.82) is 0 Å². The van der Waals surface area contributed by atoms with Crippen molar-refractivity contribution < 1.29 is 18.9 Å². The number of esters is 1. The van der Waals surface area contributed by atoms with Gasteiger partial charge in [0, 0.05) is 23.8 Å². The van der Waals surface area contributed by atoms with Crippen LogP contribution < -0.4 is 0 Å². The summed E-state index contributed by atoms with van der Waals surface area (Å²) in [7, 11) is 0. The van der Waals surface area contributed by atoms with Crippen molar-refractivity contribution in [3.63, 3.8) is 0 Å². The Kier molecular flexibility index (Phi) is 4.50. The maximum Gasteiger partial charge on any atom is 0.330 e. The highest BCUT2D eigenvalue weighted by atomic mass is 16.6. The van der Waals surface area contributed by atoms with Crippen LogP contribution in [0.15, 0.2) is 46.9 Å². The van der Waals surface area contributed by atoms with Crippen LogP contribution in [0.1, 0.15) is 12.7 Å². The van der Waals surface area contributed by atoms with E-state index in [1.54, 1.807) is 31.2 Å². The number of nitro groups is 1. The molecule has 0 fully saturated rings. The largest absolute Gasteiger partial charge is 0.463 e. The highest BCUT2D eigenvalue weighted by Crippen LogP contribution is 2.24. The van der Waals surface area contributed by atoms with Crippen LogP contribution in [0.2, 0.25) is 0 Å². The number of hydrogen-bond acceptors (Lipinski definition) is 5. The maximum atomic E-state index is 11.2. The van der Waals surface area contributed by atoms with Crippen LogP contribution in [-0.2, 0) is 9.53 Å². The summed E-state index contributed by atoms with van der Waals surface area (Å²) in [5, 5.41) is 10.6. The molecule has 108 valence electrons. The number of benzene rings is 1. The average molecular weight is 287 g/mol. The summed E-state index contributed by atoms with van der Waals surface area (Å²) in [4.78, 5) is 21.3. The van der Waals surface area contributed by atoms with Crippen LogP contribution in [0.3, 0.4) is 0 Å². The highest BCUT2D eigenvalue weighted by molar-refractivity contribution is 5.86. The van der Waals surface area contributed by atoms with Crippen molar-refractivity contribution in [2.75, 3.05) is 6.61 Å². The third-order valence-corrected chi connectivity index (χ3v) is 2.66. The zero-order valence-electron chi connectivity index (χ0n) is 11.3. The number of hydrogen-bond donors (Lipinski definition) is 0. The standard InChI is InChI=1S/C15H13NO5/c1-2-20-15(17)10-8-13-7-9-14(21-13)11-3-5-12(6-4-11)16(18)19/h3-10H,2H2,1H3/b10-8+. The topological polar surface area (TPSA) is 82.6 Å². The normalized spacial score (nSPS) is 10.7. The zero-order valence-corrected chi connectivity index (χ0v) is 11.3. The Morgan fingerprint density at radius 2 is 2.00 bits per heavy atom. The molecule has 0 aliphatic heterocycles. The van der Waals surface area contributed by atoms with Gasteiger partial charge in [0.25, 0.3) is 5.69 Å². The molecule has 0 spiro atoms. The molecule has 0 aliphatic rings. The van der Waals surface area contributed by atoms with Gasteiger partial charge in [0.05, 0.1) is 11.5 Å². The van der Waals surface area contributed by atoms with Crippen LogP contribution >= 0.6 is 0 Å². The third kappa shape index (κ3) is 3.79. The minimum Gasteiger partial charge on any atom is -0.463 e. The molecule has 1 aromatic heterocycles. The van der Waals surface area contributed by atoms with Gasteiger partial charge < -0.3 is 9.15 Å². The number of carbonyl (C=O) groups is 1. The minimum absolute atomic E-state index is 0.0211. The molecule has 0 atom stereocenters. The first kappa shape index (κ1) is 14.5. The van der Waals surface area contributed by atoms with E-state index in [1.165, 1.54) is 24.3 Å². The van der Waals surface area contributed by atoms with Crippen molar-refractivity contribution in [3.8, 4) is 11.3 Å². The Hall–Kier alpha value is -2.89. The molecule has 0 unspecified atom stereocenters. The lowest BCUT2D eigenvalue weighted by atomic mass is 10.1. The number of ether oxygens (including phenoxy) is 1. The van der Waals surface area contributed by atoms with Gasteiger partial charge in [-0.3, -0.25) is 10.1 Å². The quantitative estimate of drug-likeness (QED) is 0.364. The summed E-state index contributed by atoms with van der Waals surface area (Å²) < 4.78 is 10.3. The van der Waals surface area contributed by atoms with E-state index in [4.69, 9.17) is 9.15 Å². The molecule has 6 heteroatoms. The molecule has 0 saturated carbocycles. The van der Waals surface area contributed by atoms with Crippen molar-refractivity contribution in [1.82, 2.24) is 0 Å². The number of nitrogens with zero attached hydrogens (tertiary/aromatic N) is 1. The van der Waals surface area contributed by atoms with E-state index in [-0.39, 0.29) is 5.69 Å². The zero-order chi connectivity index (χ0) is 15.2. The van der Waals surface area contributed by atoms with Crippen LogP contribution in [0.5, 0.6) is 0 Å². The Labute approximate surface area is 120 Å². The number of nitro benzene ring substituents is 1. The molecule has 21 heavy (non-hydrogen) atoms. The van der Waals surface area contributed by atoms with Crippen LogP contribution in [0.4, 0.5) is 5.69 Å². The van der Waals surface area contributed by atoms with Gasteiger partial charge in [-0.2, -0.15) is 0 Å². The van der Waals surface area contributed by atoms with Crippen LogP contribution in [0.25, 0.3) is 17.4 Å². The molecule has 0 radical (unpaired) electrons. The number of carbonyl (C=O) groups excluding carboxylic acids is 1. The minimum atomic E-state index is -0.459. The van der Waals surface area contributed by atoms with Gasteiger partial charge in [-0.1, -0.05) is 0 Å². The van der Waals surface area contributed by atoms with Gasteiger partial charge >= 0.3 is 5.97 Å². The fourth-order valence-corrected chi connectivity index (χ4v) is 1.69. The first-order chi connectivity index (χ1) is 10.1. The van der Waals surface area contributed by atoms with Crippen molar-refractivity contribution in [3.05, 3.63) is 58.3 Å². The van der Waals surface area contributed by atoms with Crippen molar-refractivity contribution in [2.24, 2.45) is 0 Å². The lowest BCUT2D eigenvalue weighted by Crippen LogP contribution is -1.98. The molecule has 0 aliphatic carbocycles. The Morgan fingerprint density at radius 1 is 1.29 bits per heavy atom. The average Bonchev–Trinajstić information content (AvgIpc) is 2.94. The van der Waals surface area contributed by atoms with Gasteiger partial charge in [-0.15, -0.1) is 0 Å². The predicted octanol–water partition coefficient (Wildman–Crippen LogP) is 3.43. The molecule has 2 aromatic rings. The van der Waals surface area contributed by atoms with E-state index < -0.39 is 10.9 Å². The molecule has 0 N–H and O–H groups in total. The van der Waals surface area contributed by atoms with Gasteiger partial charge in [-0.25, -0.2) is 4.79 Å². The van der Waals surface area contributed by atoms with E-state index in [9.17, 15) is 14.9 Å². The Balaban J connectivity index is 2.12. The van der Waals surface area contributed by atoms with Crippen LogP contribution in [-0.4, -0.2) is 17.5 Å². The van der Waals surface area contributed by atoms with Gasteiger partial charge in [0.2, 0.25) is 0 Å². The number of rotatable bonds is 5. The SMILES string of the molecule is CCOC(=O)/C=C/c1ccc(-c2ccc([N+](=O)[O-])cc2)o1. The summed E-state index contributed by atoms with van der Waals surface area (Å²) in [6.07, 6.45) is 2.79. The van der Waals surface area contributed by atoms with Crippen LogP contribution in [0, 0.1) is 10.1 Å². The van der Waals surface area contributed by atoms with E-state index in [1.807, 2.05) is 0 Å². The first-order valence-corrected chi connectivity index (χ1v) is 6.29. The Morgan fingerprint density at radius 3 is 2.62 bits per heavy atom. The fourth-order valence-electron chi connectivity index (χ4n) is 1.69. The van der Waals surface area contributed by atoms with Crippen molar-refractivity contribution in [2.45, 2.75) is 6.92 Å². The van der Waals surface area contributed by atoms with Gasteiger partial charge in [0.15, 0.2) is 0 Å². The summed E-state index contributed by atoms with van der Waals surface area (Å²) in [5.74, 6) is 0.621. The summed E-state index contributed by atoms with van der Waals surface area (Å²) in [6.45, 7) is 2.04. The van der Waals surface area contributed by atoms with E-state index >= 15 is 0 Å². The second kappa shape index (κ2) is 6.51. The molecule has 0 saturated heterocycles. The second-order valence-corrected chi connectivity index (χ2v) is 4.09. The Bertz CT molecular complexity index is 670. The van der Waals surface area contributed by atoms with E-state index in [0.717, 1.165) is 5.56 Å². The monoisotopic (exact) mass is 287 g/mol. The lowest BCUT2D eigenvalue weighted by molar-refractivity contribution is -0.384. The molecule has 1 heterocycles. The van der Waals surface area contributed by atoms with E-state index in [0.29, 0.717) is 18.1 Å². The smallest absolute Gasteiger partial charge is 0.330 e. The highest BCUT2D eigenvalue weighted by Gasteiger charge is 2.07. The van der Waals surface area contributed by atoms with Crippen molar-refractivity contribution >= 4 is 17.7 Å². The summed E-state index contributed by atoms with van der Waals surface area (Å²) in [6, 6.07) is 9.46. The lowest BCUT2D eigenvalue weighted by Gasteiger charge is -1.96. The summed E-state index contributed by atoms with van der Waals surface area (Å²) >= 11 is 0. The molecule has 6 nitrogen and oxygen atoms in total. The molecule has 2 rings (SSSR count).